The molecule has 0 atom stereocenters. The lowest BCUT2D eigenvalue weighted by atomic mass is 10.2. The molecule has 6 nitrogen and oxygen atoms in total. The third kappa shape index (κ3) is 3.98. The maximum atomic E-state index is 12.3. The zero-order valence-electron chi connectivity index (χ0n) is 10.8. The minimum Gasteiger partial charge on any atom is -0.491 e. The molecule has 0 radical (unpaired) electrons. The number of hydrogen-bond acceptors (Lipinski definition) is 6. The predicted molar refractivity (Wildman–Crippen MR) is 61.3 cm³/mol. The second-order valence-electron chi connectivity index (χ2n) is 3.46. The molecule has 0 aliphatic heterocycles. The number of rotatable bonds is 5. The van der Waals surface area contributed by atoms with Gasteiger partial charge in [0.2, 0.25) is 0 Å². The highest BCUT2D eigenvalue weighted by Gasteiger charge is 2.34. The number of carbonyl (C=O) groups is 1. The molecule has 1 heterocycles. The largest absolute Gasteiger partial charge is 0.573 e. The molecule has 2 N–H and O–H groups in total. The minimum atomic E-state index is -4.94. The van der Waals surface area contributed by atoms with E-state index < -0.39 is 18.1 Å². The number of nitrogens with zero attached hydrogens (tertiary/aromatic N) is 1. The first-order chi connectivity index (χ1) is 9.32. The number of carbonyl (C=O) groups excluding carboxylic acids is 1. The van der Waals surface area contributed by atoms with Crippen molar-refractivity contribution in [2.75, 3.05) is 13.7 Å². The molecule has 1 aromatic heterocycles. The molecule has 0 aliphatic rings. The molecule has 0 bridgehead atoms. The Balaban J connectivity index is 3.30. The maximum Gasteiger partial charge on any atom is 0.573 e. The van der Waals surface area contributed by atoms with E-state index in [2.05, 4.69) is 14.5 Å². The van der Waals surface area contributed by atoms with Crippen molar-refractivity contribution in [3.63, 3.8) is 0 Å². The van der Waals surface area contributed by atoms with Crippen LogP contribution >= 0.6 is 0 Å². The molecule has 0 saturated heterocycles. The van der Waals surface area contributed by atoms with E-state index >= 15 is 0 Å². The van der Waals surface area contributed by atoms with Crippen LogP contribution in [0.1, 0.15) is 23.1 Å². The summed E-state index contributed by atoms with van der Waals surface area (Å²) in [5.41, 5.74) is 4.99. The van der Waals surface area contributed by atoms with Crippen LogP contribution in [0.4, 0.5) is 13.2 Å². The van der Waals surface area contributed by atoms with Crippen LogP contribution in [-0.2, 0) is 11.3 Å². The Hall–Kier alpha value is -2.03. The third-order valence-electron chi connectivity index (χ3n) is 2.12. The number of pyridine rings is 1. The van der Waals surface area contributed by atoms with Gasteiger partial charge in [0.1, 0.15) is 5.69 Å². The molecular formula is C11H13F3N2O4. The molecule has 0 saturated carbocycles. The predicted octanol–water partition coefficient (Wildman–Crippen LogP) is 1.62. The van der Waals surface area contributed by atoms with Crippen molar-refractivity contribution in [1.29, 1.82) is 0 Å². The third-order valence-corrected chi connectivity index (χ3v) is 2.12. The standard InChI is InChI=1S/C11H13F3N2O4/c1-3-19-10(17)6-4-8(20-11(12,13)14)9(18-2)7(5-15)16-6/h4H,3,5,15H2,1-2H3. The van der Waals surface area contributed by atoms with Gasteiger partial charge in [0.15, 0.2) is 17.2 Å². The van der Waals surface area contributed by atoms with Crippen LogP contribution < -0.4 is 15.2 Å². The summed E-state index contributed by atoms with van der Waals surface area (Å²) in [7, 11) is 1.14. The Bertz CT molecular complexity index is 491. The van der Waals surface area contributed by atoms with Crippen molar-refractivity contribution in [1.82, 2.24) is 4.98 Å². The molecular weight excluding hydrogens is 281 g/mol. The van der Waals surface area contributed by atoms with Gasteiger partial charge in [-0.2, -0.15) is 0 Å². The first-order valence-corrected chi connectivity index (χ1v) is 5.53. The van der Waals surface area contributed by atoms with E-state index in [-0.39, 0.29) is 30.3 Å². The average Bonchev–Trinajstić information content (AvgIpc) is 2.36. The number of halogens is 3. The van der Waals surface area contributed by atoms with Gasteiger partial charge in [-0.15, -0.1) is 13.2 Å². The molecule has 0 amide bonds. The molecule has 0 aliphatic carbocycles. The number of esters is 1. The zero-order valence-corrected chi connectivity index (χ0v) is 10.8. The van der Waals surface area contributed by atoms with Crippen molar-refractivity contribution in [2.24, 2.45) is 5.73 Å². The molecule has 0 aromatic carbocycles. The van der Waals surface area contributed by atoms with E-state index in [1.54, 1.807) is 6.92 Å². The summed E-state index contributed by atoms with van der Waals surface area (Å²) >= 11 is 0. The number of aromatic nitrogens is 1. The van der Waals surface area contributed by atoms with Gasteiger partial charge in [0.05, 0.1) is 13.7 Å². The summed E-state index contributed by atoms with van der Waals surface area (Å²) in [6.45, 7) is 1.38. The highest BCUT2D eigenvalue weighted by molar-refractivity contribution is 5.88. The normalized spacial score (nSPS) is 11.1. The summed E-state index contributed by atoms with van der Waals surface area (Å²) in [6.07, 6.45) is -4.94. The number of nitrogens with two attached hydrogens (primary N) is 1. The van der Waals surface area contributed by atoms with Crippen molar-refractivity contribution in [3.05, 3.63) is 17.5 Å². The molecule has 0 fully saturated rings. The Morgan fingerprint density at radius 1 is 1.45 bits per heavy atom. The van der Waals surface area contributed by atoms with Gasteiger partial charge >= 0.3 is 12.3 Å². The van der Waals surface area contributed by atoms with E-state index in [0.717, 1.165) is 13.2 Å². The second kappa shape index (κ2) is 6.42. The molecule has 20 heavy (non-hydrogen) atoms. The van der Waals surface area contributed by atoms with Crippen LogP contribution in [-0.4, -0.2) is 31.0 Å². The van der Waals surface area contributed by atoms with Crippen LogP contribution in [0.15, 0.2) is 6.07 Å². The Morgan fingerprint density at radius 2 is 2.10 bits per heavy atom. The number of alkyl halides is 3. The smallest absolute Gasteiger partial charge is 0.491 e. The van der Waals surface area contributed by atoms with Gasteiger partial charge < -0.3 is 19.9 Å². The summed E-state index contributed by atoms with van der Waals surface area (Å²) in [5, 5.41) is 0. The average molecular weight is 294 g/mol. The first-order valence-electron chi connectivity index (χ1n) is 5.53. The zero-order chi connectivity index (χ0) is 15.3. The Kier molecular flexibility index (Phi) is 5.14. The molecule has 1 aromatic rings. The van der Waals surface area contributed by atoms with Crippen LogP contribution in [0, 0.1) is 0 Å². The highest BCUT2D eigenvalue weighted by atomic mass is 19.4. The van der Waals surface area contributed by atoms with E-state index in [9.17, 15) is 18.0 Å². The lowest BCUT2D eigenvalue weighted by Gasteiger charge is -2.15. The fraction of sp³-hybridized carbons (Fsp3) is 0.455. The summed E-state index contributed by atoms with van der Waals surface area (Å²) in [4.78, 5) is 15.3. The fourth-order valence-corrected chi connectivity index (χ4v) is 1.43. The SMILES string of the molecule is CCOC(=O)c1cc(OC(F)(F)F)c(OC)c(CN)n1. The quantitative estimate of drug-likeness (QED) is 0.831. The van der Waals surface area contributed by atoms with Gasteiger partial charge in [0.25, 0.3) is 0 Å². The monoisotopic (exact) mass is 294 g/mol. The topological polar surface area (TPSA) is 83.7 Å². The summed E-state index contributed by atoms with van der Waals surface area (Å²) in [5.74, 6) is -1.85. The van der Waals surface area contributed by atoms with Crippen LogP contribution in [0.5, 0.6) is 11.5 Å². The van der Waals surface area contributed by atoms with E-state index in [1.165, 1.54) is 0 Å². The van der Waals surface area contributed by atoms with Gasteiger partial charge in [-0.1, -0.05) is 0 Å². The number of hydrogen-bond donors (Lipinski definition) is 1. The molecule has 9 heteroatoms. The maximum absolute atomic E-state index is 12.3. The van der Waals surface area contributed by atoms with Gasteiger partial charge in [-0.05, 0) is 6.92 Å². The van der Waals surface area contributed by atoms with Crippen LogP contribution in [0.3, 0.4) is 0 Å². The molecule has 0 spiro atoms. The second-order valence-corrected chi connectivity index (χ2v) is 3.46. The van der Waals surface area contributed by atoms with Crippen molar-refractivity contribution >= 4 is 5.97 Å². The van der Waals surface area contributed by atoms with Crippen molar-refractivity contribution < 1.29 is 32.2 Å². The summed E-state index contributed by atoms with van der Waals surface area (Å²) < 4.78 is 50.2. The van der Waals surface area contributed by atoms with Crippen LogP contribution in [0.2, 0.25) is 0 Å². The van der Waals surface area contributed by atoms with Gasteiger partial charge in [-0.3, -0.25) is 0 Å². The van der Waals surface area contributed by atoms with Crippen LogP contribution in [0.25, 0.3) is 0 Å². The lowest BCUT2D eigenvalue weighted by molar-refractivity contribution is -0.275. The Labute approximate surface area is 112 Å². The fourth-order valence-electron chi connectivity index (χ4n) is 1.43. The van der Waals surface area contributed by atoms with E-state index in [1.807, 2.05) is 0 Å². The lowest BCUT2D eigenvalue weighted by Crippen LogP contribution is -2.20. The van der Waals surface area contributed by atoms with Crippen molar-refractivity contribution in [2.45, 2.75) is 19.8 Å². The number of ether oxygens (including phenoxy) is 3. The highest BCUT2D eigenvalue weighted by Crippen LogP contribution is 2.35. The molecule has 112 valence electrons. The molecule has 1 rings (SSSR count). The first kappa shape index (κ1) is 16.0. The summed E-state index contributed by atoms with van der Waals surface area (Å²) in [6, 6.07) is 0.795. The number of methoxy groups -OCH3 is 1. The van der Waals surface area contributed by atoms with Gasteiger partial charge in [0, 0.05) is 12.6 Å². The van der Waals surface area contributed by atoms with E-state index in [0.29, 0.717) is 0 Å². The van der Waals surface area contributed by atoms with E-state index in [4.69, 9.17) is 10.5 Å². The van der Waals surface area contributed by atoms with Crippen molar-refractivity contribution in [3.8, 4) is 11.5 Å². The minimum absolute atomic E-state index is 0.0442. The van der Waals surface area contributed by atoms with Gasteiger partial charge in [-0.25, -0.2) is 9.78 Å². The Morgan fingerprint density at radius 3 is 2.55 bits per heavy atom. The molecule has 0 unspecified atom stereocenters.